The fraction of sp³-hybridized carbons (Fsp3) is 0.867. The molecule has 1 aromatic rings. The van der Waals surface area contributed by atoms with Gasteiger partial charge in [0.2, 0.25) is 0 Å². The van der Waals surface area contributed by atoms with E-state index in [1.807, 2.05) is 0 Å². The van der Waals surface area contributed by atoms with E-state index in [1.54, 1.807) is 11.5 Å². The lowest BCUT2D eigenvalue weighted by Gasteiger charge is -2.32. The van der Waals surface area contributed by atoms with Gasteiger partial charge in [-0.3, -0.25) is 0 Å². The Morgan fingerprint density at radius 3 is 2.65 bits per heavy atom. The Morgan fingerprint density at radius 1 is 1.35 bits per heavy atom. The van der Waals surface area contributed by atoms with Gasteiger partial charge in [-0.1, -0.05) is 32.2 Å². The number of aromatic nitrogens is 2. The lowest BCUT2D eigenvalue weighted by Crippen LogP contribution is -2.33. The van der Waals surface area contributed by atoms with Gasteiger partial charge in [0.05, 0.1) is 10.6 Å². The number of nitrogens with zero attached hydrogens (tertiary/aromatic N) is 2. The molecular formula is C15H27N3OS. The SMILES string of the molecule is CCCNC(c1snnc1C(C)(C)C)C1CCOCC1. The first kappa shape index (κ1) is 15.9. The molecule has 114 valence electrons. The van der Waals surface area contributed by atoms with Crippen molar-refractivity contribution in [1.82, 2.24) is 14.9 Å². The Bertz CT molecular complexity index is 407. The van der Waals surface area contributed by atoms with E-state index >= 15 is 0 Å². The van der Waals surface area contributed by atoms with Crippen molar-refractivity contribution >= 4 is 11.5 Å². The van der Waals surface area contributed by atoms with E-state index in [0.717, 1.165) is 44.7 Å². The van der Waals surface area contributed by atoms with Crippen molar-refractivity contribution in [2.75, 3.05) is 19.8 Å². The predicted octanol–water partition coefficient (Wildman–Crippen LogP) is 3.30. The number of hydrogen-bond acceptors (Lipinski definition) is 5. The summed E-state index contributed by atoms with van der Waals surface area (Å²) in [4.78, 5) is 1.33. The minimum Gasteiger partial charge on any atom is -0.381 e. The van der Waals surface area contributed by atoms with Crippen LogP contribution in [0.2, 0.25) is 0 Å². The molecule has 4 nitrogen and oxygen atoms in total. The summed E-state index contributed by atoms with van der Waals surface area (Å²) in [6.07, 6.45) is 3.41. The molecule has 1 atom stereocenters. The maximum Gasteiger partial charge on any atom is 0.0857 e. The van der Waals surface area contributed by atoms with E-state index in [-0.39, 0.29) is 5.41 Å². The lowest BCUT2D eigenvalue weighted by atomic mass is 9.84. The summed E-state index contributed by atoms with van der Waals surface area (Å²) in [5.74, 6) is 0.638. The zero-order valence-corrected chi connectivity index (χ0v) is 13.9. The molecule has 1 saturated heterocycles. The fourth-order valence-electron chi connectivity index (χ4n) is 2.74. The molecule has 0 radical (unpaired) electrons. The molecule has 2 heterocycles. The van der Waals surface area contributed by atoms with Gasteiger partial charge in [-0.05, 0) is 43.3 Å². The van der Waals surface area contributed by atoms with Crippen molar-refractivity contribution in [3.63, 3.8) is 0 Å². The first-order valence-electron chi connectivity index (χ1n) is 7.68. The Hall–Kier alpha value is -0.520. The molecule has 20 heavy (non-hydrogen) atoms. The van der Waals surface area contributed by atoms with Gasteiger partial charge < -0.3 is 10.1 Å². The third kappa shape index (κ3) is 3.77. The van der Waals surface area contributed by atoms with Crippen LogP contribution in [-0.2, 0) is 10.2 Å². The quantitative estimate of drug-likeness (QED) is 0.906. The summed E-state index contributed by atoms with van der Waals surface area (Å²) in [6, 6.07) is 0.382. The van der Waals surface area contributed by atoms with Crippen LogP contribution in [0.25, 0.3) is 0 Å². The molecule has 0 bridgehead atoms. The highest BCUT2D eigenvalue weighted by molar-refractivity contribution is 7.05. The number of hydrogen-bond donors (Lipinski definition) is 1. The van der Waals surface area contributed by atoms with Crippen LogP contribution in [-0.4, -0.2) is 29.3 Å². The van der Waals surface area contributed by atoms with Crippen LogP contribution in [0.5, 0.6) is 0 Å². The molecule has 0 aliphatic carbocycles. The van der Waals surface area contributed by atoms with E-state index < -0.39 is 0 Å². The summed E-state index contributed by atoms with van der Waals surface area (Å²) >= 11 is 1.56. The monoisotopic (exact) mass is 297 g/mol. The zero-order chi connectivity index (χ0) is 14.6. The summed E-state index contributed by atoms with van der Waals surface area (Å²) in [6.45, 7) is 11.7. The number of rotatable bonds is 5. The second-order valence-corrected chi connectivity index (χ2v) is 7.40. The molecular weight excluding hydrogens is 270 g/mol. The van der Waals surface area contributed by atoms with Crippen molar-refractivity contribution in [3.05, 3.63) is 10.6 Å². The molecule has 2 rings (SSSR count). The molecule has 1 fully saturated rings. The maximum absolute atomic E-state index is 5.51. The van der Waals surface area contributed by atoms with Crippen molar-refractivity contribution in [3.8, 4) is 0 Å². The van der Waals surface area contributed by atoms with E-state index in [0.29, 0.717) is 12.0 Å². The van der Waals surface area contributed by atoms with Crippen LogP contribution in [0.3, 0.4) is 0 Å². The van der Waals surface area contributed by atoms with Gasteiger partial charge in [0, 0.05) is 24.7 Å². The molecule has 1 aliphatic heterocycles. The van der Waals surface area contributed by atoms with Gasteiger partial charge in [0.15, 0.2) is 0 Å². The van der Waals surface area contributed by atoms with Crippen molar-refractivity contribution in [2.24, 2.45) is 5.92 Å². The average Bonchev–Trinajstić information content (AvgIpc) is 2.90. The van der Waals surface area contributed by atoms with E-state index in [1.165, 1.54) is 4.88 Å². The topological polar surface area (TPSA) is 47.0 Å². The Morgan fingerprint density at radius 2 is 2.05 bits per heavy atom. The van der Waals surface area contributed by atoms with Crippen LogP contribution in [0.1, 0.15) is 63.6 Å². The van der Waals surface area contributed by atoms with E-state index in [2.05, 4.69) is 42.6 Å². The normalized spacial score (nSPS) is 19.2. The minimum absolute atomic E-state index is 0.0552. The highest BCUT2D eigenvalue weighted by Crippen LogP contribution is 2.37. The standard InChI is InChI=1S/C15H27N3OS/c1-5-8-16-12(11-6-9-19-10-7-11)13-14(15(2,3)4)17-18-20-13/h11-12,16H,5-10H2,1-4H3. The van der Waals surface area contributed by atoms with Gasteiger partial charge in [0.1, 0.15) is 0 Å². The van der Waals surface area contributed by atoms with Gasteiger partial charge >= 0.3 is 0 Å². The summed E-state index contributed by atoms with van der Waals surface area (Å²) in [7, 11) is 0. The first-order chi connectivity index (χ1) is 9.54. The number of nitrogens with one attached hydrogen (secondary N) is 1. The fourth-order valence-corrected chi connectivity index (χ4v) is 3.78. The van der Waals surface area contributed by atoms with Crippen LogP contribution < -0.4 is 5.32 Å². The van der Waals surface area contributed by atoms with E-state index in [9.17, 15) is 0 Å². The molecule has 0 aromatic carbocycles. The van der Waals surface area contributed by atoms with Crippen molar-refractivity contribution in [1.29, 1.82) is 0 Å². The van der Waals surface area contributed by atoms with Gasteiger partial charge in [-0.25, -0.2) is 0 Å². The van der Waals surface area contributed by atoms with Gasteiger partial charge in [0.25, 0.3) is 0 Å². The van der Waals surface area contributed by atoms with Crippen LogP contribution >= 0.6 is 11.5 Å². The predicted molar refractivity (Wildman–Crippen MR) is 83.2 cm³/mol. The molecule has 1 N–H and O–H groups in total. The maximum atomic E-state index is 5.51. The first-order valence-corrected chi connectivity index (χ1v) is 8.45. The molecule has 0 saturated carbocycles. The lowest BCUT2D eigenvalue weighted by molar-refractivity contribution is 0.0538. The smallest absolute Gasteiger partial charge is 0.0857 e. The Balaban J connectivity index is 2.23. The summed E-state index contributed by atoms with van der Waals surface area (Å²) < 4.78 is 9.75. The van der Waals surface area contributed by atoms with Crippen LogP contribution in [0.15, 0.2) is 0 Å². The third-order valence-electron chi connectivity index (χ3n) is 3.86. The Labute approximate surface area is 126 Å². The summed E-state index contributed by atoms with van der Waals surface area (Å²) in [5, 5.41) is 8.14. The molecule has 5 heteroatoms. The minimum atomic E-state index is 0.0552. The zero-order valence-electron chi connectivity index (χ0n) is 13.1. The largest absolute Gasteiger partial charge is 0.381 e. The average molecular weight is 297 g/mol. The molecule has 1 unspecified atom stereocenters. The highest BCUT2D eigenvalue weighted by Gasteiger charge is 2.32. The highest BCUT2D eigenvalue weighted by atomic mass is 32.1. The molecule has 0 spiro atoms. The van der Waals surface area contributed by atoms with Crippen molar-refractivity contribution < 1.29 is 4.74 Å². The van der Waals surface area contributed by atoms with Crippen LogP contribution in [0, 0.1) is 5.92 Å². The third-order valence-corrected chi connectivity index (χ3v) is 4.67. The summed E-state index contributed by atoms with van der Waals surface area (Å²) in [5.41, 5.74) is 1.21. The van der Waals surface area contributed by atoms with E-state index in [4.69, 9.17) is 4.74 Å². The molecule has 1 aromatic heterocycles. The number of ether oxygens (including phenoxy) is 1. The molecule has 0 amide bonds. The van der Waals surface area contributed by atoms with Gasteiger partial charge in [-0.2, -0.15) is 0 Å². The Kier molecular flexibility index (Phi) is 5.52. The van der Waals surface area contributed by atoms with Crippen molar-refractivity contribution in [2.45, 2.75) is 58.4 Å². The van der Waals surface area contributed by atoms with Crippen LogP contribution in [0.4, 0.5) is 0 Å². The second-order valence-electron chi connectivity index (χ2n) is 6.62. The second kappa shape index (κ2) is 6.96. The van der Waals surface area contributed by atoms with Gasteiger partial charge in [-0.15, -0.1) is 5.10 Å². The molecule has 1 aliphatic rings.